The average Bonchev–Trinajstić information content (AvgIpc) is 3.33. The summed E-state index contributed by atoms with van der Waals surface area (Å²) in [6.45, 7) is 2.56. The van der Waals surface area contributed by atoms with Crippen molar-refractivity contribution in [2.24, 2.45) is 5.92 Å². The first-order chi connectivity index (χ1) is 15.0. The Morgan fingerprint density at radius 1 is 1.10 bits per heavy atom. The zero-order valence-corrected chi connectivity index (χ0v) is 17.0. The fourth-order valence-corrected chi connectivity index (χ4v) is 4.28. The summed E-state index contributed by atoms with van der Waals surface area (Å²) in [6, 6.07) is 3.89. The molecule has 2 unspecified atom stereocenters. The monoisotopic (exact) mass is 427 g/mol. The maximum atomic E-state index is 13.0. The molecule has 3 aliphatic rings. The highest BCUT2D eigenvalue weighted by atomic mass is 16.2. The Kier molecular flexibility index (Phi) is 5.99. The molecular weight excluding hydrogens is 402 g/mol. The molecule has 0 saturated carbocycles. The van der Waals surface area contributed by atoms with Crippen LogP contribution in [0.2, 0.25) is 0 Å². The Labute approximate surface area is 179 Å². The van der Waals surface area contributed by atoms with Crippen LogP contribution in [0.5, 0.6) is 0 Å². The molecule has 31 heavy (non-hydrogen) atoms. The fraction of sp³-hybridized carbons (Fsp3) is 0.476. The lowest BCUT2D eigenvalue weighted by Crippen LogP contribution is -2.54. The molecule has 164 valence electrons. The van der Waals surface area contributed by atoms with Gasteiger partial charge in [0.1, 0.15) is 6.04 Å². The number of hydrogen-bond acceptors (Lipinski definition) is 7. The Morgan fingerprint density at radius 3 is 2.68 bits per heavy atom. The number of piperidine rings is 1. The number of amides is 5. The summed E-state index contributed by atoms with van der Waals surface area (Å²) in [7, 11) is 0. The Morgan fingerprint density at radius 2 is 1.94 bits per heavy atom. The molecule has 0 aliphatic carbocycles. The smallest absolute Gasteiger partial charge is 0.264 e. The van der Waals surface area contributed by atoms with Gasteiger partial charge in [-0.2, -0.15) is 0 Å². The third-order valence-electron chi connectivity index (χ3n) is 5.87. The lowest BCUT2D eigenvalue weighted by atomic mass is 10.0. The minimum absolute atomic E-state index is 0.0101. The van der Waals surface area contributed by atoms with Gasteiger partial charge >= 0.3 is 0 Å². The molecular formula is C21H25N5O5. The van der Waals surface area contributed by atoms with Crippen molar-refractivity contribution in [2.75, 3.05) is 31.5 Å². The van der Waals surface area contributed by atoms with E-state index >= 15 is 0 Å². The largest absolute Gasteiger partial charge is 0.383 e. The van der Waals surface area contributed by atoms with Gasteiger partial charge in [-0.05, 0) is 44.0 Å². The summed E-state index contributed by atoms with van der Waals surface area (Å²) in [6.07, 6.45) is 1.68. The van der Waals surface area contributed by atoms with E-state index in [4.69, 9.17) is 0 Å². The van der Waals surface area contributed by atoms with Crippen LogP contribution in [0.3, 0.4) is 0 Å². The minimum Gasteiger partial charge on any atom is -0.383 e. The van der Waals surface area contributed by atoms with Crippen LogP contribution < -0.4 is 21.3 Å². The number of hydrogen-bond donors (Lipinski definition) is 4. The van der Waals surface area contributed by atoms with Crippen LogP contribution in [0.15, 0.2) is 18.2 Å². The lowest BCUT2D eigenvalue weighted by Gasteiger charge is -2.27. The van der Waals surface area contributed by atoms with E-state index in [1.165, 1.54) is 0 Å². The predicted octanol–water partition coefficient (Wildman–Crippen LogP) is -0.384. The molecule has 3 heterocycles. The standard InChI is InChI=1S/C21H25N5O5/c27-16-5-4-15(19(29)25-16)26-20(30)13-2-1-3-14(18(13)21(26)31)23-8-9-24-17(28)10-12-6-7-22-11-12/h1-3,12,15,22-23H,4-11H2,(H,24,28)(H,25,27,29). The van der Waals surface area contributed by atoms with Crippen molar-refractivity contribution >= 4 is 35.2 Å². The van der Waals surface area contributed by atoms with Crippen LogP contribution in [0.1, 0.15) is 46.4 Å². The zero-order chi connectivity index (χ0) is 22.0. The first-order valence-corrected chi connectivity index (χ1v) is 10.5. The third-order valence-corrected chi connectivity index (χ3v) is 5.87. The van der Waals surface area contributed by atoms with Crippen LogP contribution in [0.4, 0.5) is 5.69 Å². The van der Waals surface area contributed by atoms with Crippen LogP contribution >= 0.6 is 0 Å². The van der Waals surface area contributed by atoms with Gasteiger partial charge in [0.05, 0.1) is 11.1 Å². The molecule has 10 nitrogen and oxygen atoms in total. The molecule has 4 N–H and O–H groups in total. The maximum Gasteiger partial charge on any atom is 0.264 e. The second-order valence-electron chi connectivity index (χ2n) is 8.02. The van der Waals surface area contributed by atoms with Gasteiger partial charge in [-0.15, -0.1) is 0 Å². The minimum atomic E-state index is -0.998. The van der Waals surface area contributed by atoms with Crippen LogP contribution in [0.25, 0.3) is 0 Å². The number of fused-ring (bicyclic) bond motifs is 1. The van der Waals surface area contributed by atoms with Gasteiger partial charge in [-0.3, -0.25) is 34.2 Å². The number of nitrogens with zero attached hydrogens (tertiary/aromatic N) is 1. The van der Waals surface area contributed by atoms with Gasteiger partial charge in [0.2, 0.25) is 17.7 Å². The summed E-state index contributed by atoms with van der Waals surface area (Å²) < 4.78 is 0. The molecule has 1 aromatic carbocycles. The molecule has 1 aromatic rings. The number of nitrogens with one attached hydrogen (secondary N) is 4. The van der Waals surface area contributed by atoms with Crippen molar-refractivity contribution in [1.82, 2.24) is 20.9 Å². The molecule has 2 fully saturated rings. The number of benzene rings is 1. The van der Waals surface area contributed by atoms with Crippen molar-refractivity contribution in [3.63, 3.8) is 0 Å². The SMILES string of the molecule is O=C(CC1CCNC1)NCCNc1cccc2c1C(=O)N(C1CCC(=O)NC1=O)C2=O. The third kappa shape index (κ3) is 4.29. The topological polar surface area (TPSA) is 137 Å². The Bertz CT molecular complexity index is 940. The maximum absolute atomic E-state index is 13.0. The van der Waals surface area contributed by atoms with Gasteiger partial charge < -0.3 is 16.0 Å². The van der Waals surface area contributed by atoms with Gasteiger partial charge in [-0.25, -0.2) is 0 Å². The predicted molar refractivity (Wildman–Crippen MR) is 110 cm³/mol. The van der Waals surface area contributed by atoms with E-state index in [2.05, 4.69) is 21.3 Å². The number of rotatable bonds is 7. The van der Waals surface area contributed by atoms with E-state index < -0.39 is 29.7 Å². The van der Waals surface area contributed by atoms with E-state index in [-0.39, 0.29) is 29.9 Å². The zero-order valence-electron chi connectivity index (χ0n) is 17.0. The van der Waals surface area contributed by atoms with Gasteiger partial charge in [0, 0.05) is 31.6 Å². The number of carbonyl (C=O) groups excluding carboxylic acids is 5. The number of anilines is 1. The van der Waals surface area contributed by atoms with Crippen molar-refractivity contribution < 1.29 is 24.0 Å². The summed E-state index contributed by atoms with van der Waals surface area (Å²) in [5.41, 5.74) is 0.901. The average molecular weight is 427 g/mol. The molecule has 2 atom stereocenters. The van der Waals surface area contributed by atoms with E-state index in [0.717, 1.165) is 24.4 Å². The first-order valence-electron chi connectivity index (χ1n) is 10.5. The molecule has 5 amide bonds. The van der Waals surface area contributed by atoms with Crippen molar-refractivity contribution in [3.05, 3.63) is 29.3 Å². The van der Waals surface area contributed by atoms with E-state index in [1.54, 1.807) is 18.2 Å². The number of carbonyl (C=O) groups is 5. The molecule has 4 rings (SSSR count). The highest BCUT2D eigenvalue weighted by Crippen LogP contribution is 2.32. The molecule has 10 heteroatoms. The summed E-state index contributed by atoms with van der Waals surface area (Å²) in [5, 5.41) is 11.4. The van der Waals surface area contributed by atoms with Crippen LogP contribution in [-0.4, -0.2) is 66.7 Å². The molecule has 0 aromatic heterocycles. The fourth-order valence-electron chi connectivity index (χ4n) is 4.28. The van der Waals surface area contributed by atoms with Crippen LogP contribution in [-0.2, 0) is 14.4 Å². The molecule has 2 saturated heterocycles. The van der Waals surface area contributed by atoms with Crippen molar-refractivity contribution in [2.45, 2.75) is 31.7 Å². The summed E-state index contributed by atoms with van der Waals surface area (Å²) >= 11 is 0. The molecule has 0 radical (unpaired) electrons. The quantitative estimate of drug-likeness (QED) is 0.344. The summed E-state index contributed by atoms with van der Waals surface area (Å²) in [5.74, 6) is -1.80. The van der Waals surface area contributed by atoms with Crippen molar-refractivity contribution in [1.29, 1.82) is 0 Å². The number of imide groups is 2. The van der Waals surface area contributed by atoms with E-state index in [9.17, 15) is 24.0 Å². The Hall–Kier alpha value is -3.27. The molecule has 3 aliphatic heterocycles. The second-order valence-corrected chi connectivity index (χ2v) is 8.02. The summed E-state index contributed by atoms with van der Waals surface area (Å²) in [4.78, 5) is 62.4. The lowest BCUT2D eigenvalue weighted by molar-refractivity contribution is -0.136. The van der Waals surface area contributed by atoms with Crippen LogP contribution in [0, 0.1) is 5.92 Å². The Balaban J connectivity index is 1.37. The van der Waals surface area contributed by atoms with Gasteiger partial charge in [-0.1, -0.05) is 6.07 Å². The van der Waals surface area contributed by atoms with Crippen molar-refractivity contribution in [3.8, 4) is 0 Å². The van der Waals surface area contributed by atoms with Gasteiger partial charge in [0.25, 0.3) is 11.8 Å². The second kappa shape index (κ2) is 8.84. The normalized spacial score (nSPS) is 23.0. The molecule has 0 bridgehead atoms. The van der Waals surface area contributed by atoms with E-state index in [0.29, 0.717) is 31.1 Å². The first kappa shape index (κ1) is 21.0. The highest BCUT2D eigenvalue weighted by Gasteiger charge is 2.45. The highest BCUT2D eigenvalue weighted by molar-refractivity contribution is 6.25. The van der Waals surface area contributed by atoms with Gasteiger partial charge in [0.15, 0.2) is 0 Å². The molecule has 0 spiro atoms. The van der Waals surface area contributed by atoms with E-state index in [1.807, 2.05) is 0 Å².